The molecule has 0 aliphatic rings. The fourth-order valence-electron chi connectivity index (χ4n) is 2.25. The number of hydrogen-bond donors (Lipinski definition) is 1. The Morgan fingerprint density at radius 2 is 1.95 bits per heavy atom. The molecule has 1 N–H and O–H groups in total. The number of hydrogen-bond acceptors (Lipinski definition) is 2. The average molecular weight is 258 g/mol. The van der Waals surface area contributed by atoms with Crippen molar-refractivity contribution in [3.05, 3.63) is 35.4 Å². The third kappa shape index (κ3) is 5.44. The SMILES string of the molecule is Cc1ccccc1[C@@H](C)NCCCCC(C)(C)C#N. The van der Waals surface area contributed by atoms with Crippen LogP contribution in [0.4, 0.5) is 0 Å². The Balaban J connectivity index is 2.27. The molecule has 2 nitrogen and oxygen atoms in total. The van der Waals surface area contributed by atoms with Gasteiger partial charge in [0.2, 0.25) is 0 Å². The van der Waals surface area contributed by atoms with Gasteiger partial charge in [0.25, 0.3) is 0 Å². The maximum atomic E-state index is 8.95. The van der Waals surface area contributed by atoms with E-state index in [0.29, 0.717) is 6.04 Å². The van der Waals surface area contributed by atoms with Crippen LogP contribution >= 0.6 is 0 Å². The van der Waals surface area contributed by atoms with E-state index in [4.69, 9.17) is 5.26 Å². The van der Waals surface area contributed by atoms with Gasteiger partial charge in [-0.3, -0.25) is 0 Å². The summed E-state index contributed by atoms with van der Waals surface area (Å²) in [6.45, 7) is 9.40. The first-order valence-electron chi connectivity index (χ1n) is 7.16. The number of nitriles is 1. The zero-order valence-corrected chi connectivity index (χ0v) is 12.7. The molecule has 0 radical (unpaired) electrons. The van der Waals surface area contributed by atoms with Crippen molar-refractivity contribution >= 4 is 0 Å². The lowest BCUT2D eigenvalue weighted by Gasteiger charge is -2.18. The van der Waals surface area contributed by atoms with Crippen molar-refractivity contribution in [2.75, 3.05) is 6.54 Å². The van der Waals surface area contributed by atoms with Crippen molar-refractivity contribution in [1.82, 2.24) is 5.32 Å². The monoisotopic (exact) mass is 258 g/mol. The second-order valence-electron chi connectivity index (χ2n) is 5.99. The van der Waals surface area contributed by atoms with Gasteiger partial charge in [-0.1, -0.05) is 30.7 Å². The van der Waals surface area contributed by atoms with E-state index in [9.17, 15) is 0 Å². The molecule has 2 heteroatoms. The van der Waals surface area contributed by atoms with Crippen LogP contribution in [0.3, 0.4) is 0 Å². The number of aryl methyl sites for hydroxylation is 1. The van der Waals surface area contributed by atoms with Crippen LogP contribution in [0.5, 0.6) is 0 Å². The van der Waals surface area contributed by atoms with E-state index >= 15 is 0 Å². The van der Waals surface area contributed by atoms with Gasteiger partial charge in [-0.15, -0.1) is 0 Å². The molecule has 1 atom stereocenters. The van der Waals surface area contributed by atoms with Gasteiger partial charge >= 0.3 is 0 Å². The van der Waals surface area contributed by atoms with Gasteiger partial charge in [0, 0.05) is 6.04 Å². The minimum atomic E-state index is -0.179. The minimum Gasteiger partial charge on any atom is -0.310 e. The van der Waals surface area contributed by atoms with E-state index in [2.05, 4.69) is 49.5 Å². The maximum Gasteiger partial charge on any atom is 0.0683 e. The highest BCUT2D eigenvalue weighted by Crippen LogP contribution is 2.21. The Morgan fingerprint density at radius 3 is 2.58 bits per heavy atom. The van der Waals surface area contributed by atoms with Crippen LogP contribution < -0.4 is 5.32 Å². The highest BCUT2D eigenvalue weighted by atomic mass is 14.9. The topological polar surface area (TPSA) is 35.8 Å². The van der Waals surface area contributed by atoms with Gasteiger partial charge < -0.3 is 5.32 Å². The van der Waals surface area contributed by atoms with Gasteiger partial charge in [0.15, 0.2) is 0 Å². The van der Waals surface area contributed by atoms with Crippen LogP contribution in [-0.2, 0) is 0 Å². The summed E-state index contributed by atoms with van der Waals surface area (Å²) in [6, 6.07) is 11.3. The molecule has 0 bridgehead atoms. The summed E-state index contributed by atoms with van der Waals surface area (Å²) in [6.07, 6.45) is 3.21. The lowest BCUT2D eigenvalue weighted by atomic mass is 9.89. The third-order valence-corrected chi connectivity index (χ3v) is 3.64. The van der Waals surface area contributed by atoms with Gasteiger partial charge in [-0.2, -0.15) is 5.26 Å². The van der Waals surface area contributed by atoms with Gasteiger partial charge in [0.05, 0.1) is 11.5 Å². The highest BCUT2D eigenvalue weighted by molar-refractivity contribution is 5.28. The van der Waals surface area contributed by atoms with E-state index in [1.165, 1.54) is 11.1 Å². The maximum absolute atomic E-state index is 8.95. The number of unbranched alkanes of at least 4 members (excludes halogenated alkanes) is 1. The zero-order valence-electron chi connectivity index (χ0n) is 12.7. The second kappa shape index (κ2) is 7.31. The predicted octanol–water partition coefficient (Wildman–Crippen LogP) is 4.37. The Labute approximate surface area is 117 Å². The zero-order chi connectivity index (χ0) is 14.3. The molecule has 0 fully saturated rings. The first kappa shape index (κ1) is 15.7. The summed E-state index contributed by atoms with van der Waals surface area (Å²) in [5.41, 5.74) is 2.54. The third-order valence-electron chi connectivity index (χ3n) is 3.64. The quantitative estimate of drug-likeness (QED) is 0.737. The number of rotatable bonds is 7. The Kier molecular flexibility index (Phi) is 6.05. The van der Waals surface area contributed by atoms with E-state index < -0.39 is 0 Å². The molecule has 104 valence electrons. The van der Waals surface area contributed by atoms with E-state index in [1.807, 2.05) is 13.8 Å². The van der Waals surface area contributed by atoms with Gasteiger partial charge in [0.1, 0.15) is 0 Å². The number of nitrogens with zero attached hydrogens (tertiary/aromatic N) is 1. The average Bonchev–Trinajstić information content (AvgIpc) is 2.38. The molecule has 0 spiro atoms. The number of nitrogens with one attached hydrogen (secondary N) is 1. The van der Waals surface area contributed by atoms with Crippen LogP contribution in [0.2, 0.25) is 0 Å². The largest absolute Gasteiger partial charge is 0.310 e. The molecular formula is C17H26N2. The lowest BCUT2D eigenvalue weighted by Crippen LogP contribution is -2.21. The molecule has 0 aromatic heterocycles. The van der Waals surface area contributed by atoms with E-state index in [1.54, 1.807) is 0 Å². The normalized spacial score (nSPS) is 13.0. The summed E-state index contributed by atoms with van der Waals surface area (Å²) in [5, 5.41) is 12.5. The molecule has 1 aromatic rings. The molecule has 0 aliphatic heterocycles. The molecule has 1 rings (SSSR count). The molecule has 0 aliphatic carbocycles. The van der Waals surface area contributed by atoms with Crippen LogP contribution in [0.25, 0.3) is 0 Å². The molecule has 19 heavy (non-hydrogen) atoms. The molecule has 0 unspecified atom stereocenters. The molecule has 0 amide bonds. The van der Waals surface area contributed by atoms with E-state index in [-0.39, 0.29) is 5.41 Å². The molecule has 0 heterocycles. The molecular weight excluding hydrogens is 232 g/mol. The van der Waals surface area contributed by atoms with Crippen molar-refractivity contribution in [1.29, 1.82) is 5.26 Å². The van der Waals surface area contributed by atoms with Crippen molar-refractivity contribution in [2.45, 2.75) is 53.0 Å². The van der Waals surface area contributed by atoms with Crippen molar-refractivity contribution in [3.63, 3.8) is 0 Å². The first-order valence-corrected chi connectivity index (χ1v) is 7.16. The van der Waals surface area contributed by atoms with Crippen molar-refractivity contribution in [2.24, 2.45) is 5.41 Å². The smallest absolute Gasteiger partial charge is 0.0683 e. The van der Waals surface area contributed by atoms with Gasteiger partial charge in [-0.25, -0.2) is 0 Å². The van der Waals surface area contributed by atoms with Gasteiger partial charge in [-0.05, 0) is 58.2 Å². The van der Waals surface area contributed by atoms with Crippen LogP contribution in [0.1, 0.15) is 57.2 Å². The molecule has 0 saturated carbocycles. The number of benzene rings is 1. The first-order chi connectivity index (χ1) is 8.96. The summed E-state index contributed by atoms with van der Waals surface area (Å²) >= 11 is 0. The summed E-state index contributed by atoms with van der Waals surface area (Å²) < 4.78 is 0. The van der Waals surface area contributed by atoms with Crippen LogP contribution in [0, 0.1) is 23.7 Å². The van der Waals surface area contributed by atoms with E-state index in [0.717, 1.165) is 25.8 Å². The Morgan fingerprint density at radius 1 is 1.26 bits per heavy atom. The lowest BCUT2D eigenvalue weighted by molar-refractivity contribution is 0.417. The predicted molar refractivity (Wildman–Crippen MR) is 80.8 cm³/mol. The Bertz CT molecular complexity index is 429. The standard InChI is InChI=1S/C17H26N2/c1-14-9-5-6-10-16(14)15(2)19-12-8-7-11-17(3,4)13-18/h5-6,9-10,15,19H,7-8,11-12H2,1-4H3/t15-/m1/s1. The molecule has 0 saturated heterocycles. The fourth-order valence-corrected chi connectivity index (χ4v) is 2.25. The highest BCUT2D eigenvalue weighted by Gasteiger charge is 2.15. The molecule has 1 aromatic carbocycles. The fraction of sp³-hybridized carbons (Fsp3) is 0.588. The van der Waals surface area contributed by atoms with Crippen molar-refractivity contribution in [3.8, 4) is 6.07 Å². The van der Waals surface area contributed by atoms with Crippen LogP contribution in [-0.4, -0.2) is 6.54 Å². The minimum absolute atomic E-state index is 0.179. The van der Waals surface area contributed by atoms with Crippen molar-refractivity contribution < 1.29 is 0 Å². The van der Waals surface area contributed by atoms with Crippen LogP contribution in [0.15, 0.2) is 24.3 Å². The summed E-state index contributed by atoms with van der Waals surface area (Å²) in [4.78, 5) is 0. The summed E-state index contributed by atoms with van der Waals surface area (Å²) in [5.74, 6) is 0. The summed E-state index contributed by atoms with van der Waals surface area (Å²) in [7, 11) is 0. The second-order valence-corrected chi connectivity index (χ2v) is 5.99. The Hall–Kier alpha value is -1.33.